The van der Waals surface area contributed by atoms with Crippen molar-refractivity contribution >= 4 is 28.2 Å². The van der Waals surface area contributed by atoms with E-state index >= 15 is 0 Å². The van der Waals surface area contributed by atoms with Crippen LogP contribution in [0.25, 0.3) is 0 Å². The van der Waals surface area contributed by atoms with E-state index in [4.69, 9.17) is 24.5 Å². The zero-order valence-corrected chi connectivity index (χ0v) is 12.8. The Morgan fingerprint density at radius 3 is 2.59 bits per heavy atom. The zero-order chi connectivity index (χ0) is 16.9. The van der Waals surface area contributed by atoms with Crippen molar-refractivity contribution in [3.8, 4) is 0 Å². The van der Waals surface area contributed by atoms with Crippen molar-refractivity contribution in [2.75, 3.05) is 6.51 Å². The molecule has 1 aliphatic rings. The second-order valence-electron chi connectivity index (χ2n) is 4.08. The first-order chi connectivity index (χ1) is 10.1. The molecule has 0 amide bonds. The number of aromatic nitrogens is 2. The van der Waals surface area contributed by atoms with Gasteiger partial charge in [0.25, 0.3) is 0 Å². The first-order valence-corrected chi connectivity index (χ1v) is 7.87. The Morgan fingerprint density at radius 2 is 2.18 bits per heavy atom. The molecule has 0 bridgehead atoms. The van der Waals surface area contributed by atoms with Crippen LogP contribution in [0.1, 0.15) is 19.1 Å². The van der Waals surface area contributed by atoms with Crippen molar-refractivity contribution in [1.29, 1.82) is 0 Å². The first kappa shape index (κ1) is 19.3. The fourth-order valence-corrected chi connectivity index (χ4v) is 1.92. The number of ether oxygens (including phenoxy) is 1. The van der Waals surface area contributed by atoms with Gasteiger partial charge in [0.1, 0.15) is 18.7 Å². The number of hydrogen-bond acceptors (Lipinski definition) is 8. The molecule has 22 heavy (non-hydrogen) atoms. The molecule has 1 aliphatic heterocycles. The predicted molar refractivity (Wildman–Crippen MR) is 76.5 cm³/mol. The Morgan fingerprint density at radius 1 is 1.55 bits per heavy atom. The van der Waals surface area contributed by atoms with Crippen LogP contribution in [0.4, 0.5) is 4.39 Å². The van der Waals surface area contributed by atoms with Gasteiger partial charge in [-0.2, -0.15) is 19.2 Å². The summed E-state index contributed by atoms with van der Waals surface area (Å²) in [6, 6.07) is 0. The van der Waals surface area contributed by atoms with Crippen LogP contribution < -0.4 is 5.69 Å². The number of nitrogens with zero attached hydrogens (tertiary/aromatic N) is 1. The highest BCUT2D eigenvalue weighted by Crippen LogP contribution is 2.44. The average Bonchev–Trinajstić information content (AvgIpc) is 2.79. The monoisotopic (exact) mass is 355 g/mol. The zero-order valence-electron chi connectivity index (χ0n) is 11.1. The van der Waals surface area contributed by atoms with Crippen molar-refractivity contribution in [1.82, 2.24) is 9.55 Å². The summed E-state index contributed by atoms with van der Waals surface area (Å²) >= 11 is 4.56. The van der Waals surface area contributed by atoms with E-state index in [2.05, 4.69) is 29.6 Å². The van der Waals surface area contributed by atoms with E-state index in [0.717, 1.165) is 10.8 Å². The van der Waals surface area contributed by atoms with Gasteiger partial charge in [-0.05, 0) is 6.42 Å². The third kappa shape index (κ3) is 6.19. The Bertz CT molecular complexity index is 607. The fourth-order valence-electron chi connectivity index (χ4n) is 1.58. The smallest absolute Gasteiger partial charge is 0.368 e. The quantitative estimate of drug-likeness (QED) is 0.277. The van der Waals surface area contributed by atoms with E-state index in [1.165, 1.54) is 0 Å². The molecule has 0 aromatic carbocycles. The third-order valence-corrected chi connectivity index (χ3v) is 3.25. The van der Waals surface area contributed by atoms with E-state index in [0.29, 0.717) is 12.8 Å². The molecule has 1 aromatic rings. The maximum absolute atomic E-state index is 13.1. The number of aliphatic hydroxyl groups is 1. The number of hydrogen-bond donors (Lipinski definition) is 5. The van der Waals surface area contributed by atoms with E-state index in [1.807, 2.05) is 0 Å². The molecule has 1 fully saturated rings. The number of H-pyrrole nitrogens is 1. The Labute approximate surface area is 131 Å². The summed E-state index contributed by atoms with van der Waals surface area (Å²) in [5.41, 5.74) is -0.541. The maximum Gasteiger partial charge on any atom is 0.566 e. The number of nitrogens with one attached hydrogen (secondary N) is 1. The van der Waals surface area contributed by atoms with Crippen LogP contribution in [0.5, 0.6) is 0 Å². The molecule has 2 heterocycles. The Balaban J connectivity index is 0.000000295. The SMILES string of the molecule is O=c1[nH]c(=S)c(F)cn1C1CC[C@@H](O)O1.[B]CO[P+](O)(O)O. The van der Waals surface area contributed by atoms with Gasteiger partial charge >= 0.3 is 13.9 Å². The van der Waals surface area contributed by atoms with Crippen LogP contribution in [0.15, 0.2) is 11.0 Å². The lowest BCUT2D eigenvalue weighted by Gasteiger charge is -2.13. The Kier molecular flexibility index (Phi) is 7.23. The maximum atomic E-state index is 13.1. The van der Waals surface area contributed by atoms with Crippen molar-refractivity contribution in [3.05, 3.63) is 27.1 Å². The van der Waals surface area contributed by atoms with Crippen LogP contribution >= 0.6 is 20.4 Å². The van der Waals surface area contributed by atoms with E-state index in [1.54, 1.807) is 0 Å². The lowest BCUT2D eigenvalue weighted by Crippen LogP contribution is -2.27. The molecule has 2 rings (SSSR count). The summed E-state index contributed by atoms with van der Waals surface area (Å²) < 4.78 is 22.7. The largest absolute Gasteiger partial charge is 0.566 e. The number of aromatic amines is 1. The summed E-state index contributed by atoms with van der Waals surface area (Å²) in [4.78, 5) is 37.4. The molecule has 0 aliphatic carbocycles. The molecule has 9 nitrogen and oxygen atoms in total. The van der Waals surface area contributed by atoms with Crippen LogP contribution in [-0.2, 0) is 9.26 Å². The first-order valence-electron chi connectivity index (χ1n) is 5.90. The molecule has 5 N–H and O–H groups in total. The minimum absolute atomic E-state index is 0.227. The summed E-state index contributed by atoms with van der Waals surface area (Å²) in [5.74, 6) is -0.686. The van der Waals surface area contributed by atoms with Crippen LogP contribution in [-0.4, -0.2) is 50.0 Å². The average molecular weight is 355 g/mol. The molecule has 0 saturated carbocycles. The summed E-state index contributed by atoms with van der Waals surface area (Å²) in [5, 5.41) is 9.11. The molecule has 2 radical (unpaired) electrons. The molecular weight excluding hydrogens is 341 g/mol. The highest BCUT2D eigenvalue weighted by atomic mass is 32.1. The second kappa shape index (κ2) is 8.23. The van der Waals surface area contributed by atoms with E-state index in [9.17, 15) is 9.18 Å². The van der Waals surface area contributed by atoms with Crippen LogP contribution in [0.2, 0.25) is 0 Å². The minimum atomic E-state index is -4.04. The molecular formula is C9H14BFN2O7PS+. The lowest BCUT2D eigenvalue weighted by atomic mass is 10.2. The van der Waals surface area contributed by atoms with Gasteiger partial charge in [0.05, 0.1) is 12.7 Å². The van der Waals surface area contributed by atoms with Gasteiger partial charge < -0.3 is 9.84 Å². The number of aliphatic hydroxyl groups excluding tert-OH is 1. The minimum Gasteiger partial charge on any atom is -0.368 e. The van der Waals surface area contributed by atoms with Crippen molar-refractivity contribution in [2.45, 2.75) is 25.4 Å². The van der Waals surface area contributed by atoms with Gasteiger partial charge in [-0.1, -0.05) is 12.2 Å². The normalized spacial score (nSPS) is 21.3. The van der Waals surface area contributed by atoms with E-state index in [-0.39, 0.29) is 4.64 Å². The third-order valence-electron chi connectivity index (χ3n) is 2.46. The van der Waals surface area contributed by atoms with Crippen molar-refractivity contribution in [2.24, 2.45) is 0 Å². The van der Waals surface area contributed by atoms with Crippen molar-refractivity contribution < 1.29 is 33.4 Å². The predicted octanol–water partition coefficient (Wildman–Crippen LogP) is -0.544. The van der Waals surface area contributed by atoms with Crippen LogP contribution in [0.3, 0.4) is 0 Å². The second-order valence-corrected chi connectivity index (χ2v) is 5.77. The number of rotatable bonds is 3. The molecule has 1 saturated heterocycles. The molecule has 1 unspecified atom stereocenters. The molecule has 0 spiro atoms. The van der Waals surface area contributed by atoms with Crippen molar-refractivity contribution in [3.63, 3.8) is 0 Å². The van der Waals surface area contributed by atoms with Gasteiger partial charge in [0, 0.05) is 6.42 Å². The van der Waals surface area contributed by atoms with Gasteiger partial charge in [0.15, 0.2) is 12.1 Å². The molecule has 13 heteroatoms. The van der Waals surface area contributed by atoms with Crippen LogP contribution in [0, 0.1) is 10.5 Å². The molecule has 122 valence electrons. The van der Waals surface area contributed by atoms with Gasteiger partial charge in [0.2, 0.25) is 0 Å². The standard InChI is InChI=1S/C8H9FN2O3S.CH5BO4P/c9-4-3-11(8(13)10-7(4)15)5-1-2-6(12)14-5;2-1-6-7(3,4)5/h3,5-6,12H,1-2H2,(H,10,13,15);3-5H,1H2/q;+1/t5?,6-;/m0./s1. The van der Waals surface area contributed by atoms with Gasteiger partial charge in [-0.3, -0.25) is 9.55 Å². The Hall–Kier alpha value is -0.715. The van der Waals surface area contributed by atoms with Gasteiger partial charge in [-0.25, -0.2) is 9.18 Å². The molecule has 1 aromatic heterocycles. The summed E-state index contributed by atoms with van der Waals surface area (Å²) in [7, 11) is 0.600. The number of halogens is 1. The van der Waals surface area contributed by atoms with E-state index < -0.39 is 38.7 Å². The fraction of sp³-hybridized carbons (Fsp3) is 0.556. The molecule has 2 atom stereocenters. The summed E-state index contributed by atoms with van der Waals surface area (Å²) in [6.07, 6.45) is 0.352. The topological polar surface area (TPSA) is 137 Å². The highest BCUT2D eigenvalue weighted by Gasteiger charge is 2.31. The lowest BCUT2D eigenvalue weighted by molar-refractivity contribution is -0.114. The highest BCUT2D eigenvalue weighted by molar-refractivity contribution is 7.71. The summed E-state index contributed by atoms with van der Waals surface area (Å²) in [6.45, 7) is -0.392. The van der Waals surface area contributed by atoms with Gasteiger partial charge in [-0.15, -0.1) is 0 Å².